The number of aromatic nitrogens is 1. The number of rotatable bonds is 6. The van der Waals surface area contributed by atoms with Gasteiger partial charge in [0.2, 0.25) is 11.9 Å². The van der Waals surface area contributed by atoms with Crippen molar-refractivity contribution in [3.05, 3.63) is 53.6 Å². The Kier molecular flexibility index (Phi) is 9.21. The molecule has 170 valence electrons. The fourth-order valence-corrected chi connectivity index (χ4v) is 3.24. The highest BCUT2D eigenvalue weighted by molar-refractivity contribution is 5.94. The number of pyridine rings is 1. The summed E-state index contributed by atoms with van der Waals surface area (Å²) in [5.74, 6) is 0.625. The number of ether oxygens (including phenoxy) is 2. The Morgan fingerprint density at radius 1 is 1.29 bits per heavy atom. The highest BCUT2D eigenvalue weighted by Gasteiger charge is 2.34. The van der Waals surface area contributed by atoms with Gasteiger partial charge in [-0.3, -0.25) is 9.63 Å². The largest absolute Gasteiger partial charge is 0.496 e. The molecule has 3 rings (SSSR count). The monoisotopic (exact) mass is 435 g/mol. The van der Waals surface area contributed by atoms with Crippen LogP contribution in [0.4, 0.5) is 10.1 Å². The third-order valence-corrected chi connectivity index (χ3v) is 5.32. The SMILES string of the molecule is CO[n+]1cc(NC(=O)C2CC(C)C(C)O2)ccc1CCO.COc1cccc(F)c1C. The Bertz CT molecular complexity index is 867. The van der Waals surface area contributed by atoms with Gasteiger partial charge in [0.15, 0.2) is 0 Å². The lowest BCUT2D eigenvalue weighted by molar-refractivity contribution is -0.890. The summed E-state index contributed by atoms with van der Waals surface area (Å²) in [4.78, 5) is 17.4. The first-order valence-corrected chi connectivity index (χ1v) is 10.3. The van der Waals surface area contributed by atoms with E-state index >= 15 is 0 Å². The van der Waals surface area contributed by atoms with Crippen molar-refractivity contribution in [3.8, 4) is 5.75 Å². The van der Waals surface area contributed by atoms with Gasteiger partial charge >= 0.3 is 0 Å². The minimum absolute atomic E-state index is 0.0424. The van der Waals surface area contributed by atoms with Gasteiger partial charge in [-0.2, -0.15) is 0 Å². The first-order valence-electron chi connectivity index (χ1n) is 10.3. The molecule has 0 spiro atoms. The van der Waals surface area contributed by atoms with Gasteiger partial charge in [0.1, 0.15) is 30.5 Å². The Balaban J connectivity index is 0.000000285. The van der Waals surface area contributed by atoms with E-state index < -0.39 is 6.10 Å². The third kappa shape index (κ3) is 6.63. The van der Waals surface area contributed by atoms with Crippen LogP contribution >= 0.6 is 0 Å². The van der Waals surface area contributed by atoms with Crippen LogP contribution in [0.25, 0.3) is 0 Å². The molecule has 3 atom stereocenters. The summed E-state index contributed by atoms with van der Waals surface area (Å²) in [5.41, 5.74) is 2.03. The van der Waals surface area contributed by atoms with Gasteiger partial charge in [-0.1, -0.05) is 13.0 Å². The van der Waals surface area contributed by atoms with E-state index in [-0.39, 0.29) is 24.4 Å². The van der Waals surface area contributed by atoms with Crippen LogP contribution in [0.1, 0.15) is 31.5 Å². The number of aliphatic hydroxyl groups is 1. The lowest BCUT2D eigenvalue weighted by Crippen LogP contribution is -2.45. The topological polar surface area (TPSA) is 80.9 Å². The molecule has 2 heterocycles. The van der Waals surface area contributed by atoms with Crippen molar-refractivity contribution >= 4 is 11.6 Å². The average Bonchev–Trinajstić information content (AvgIpc) is 3.10. The molecule has 3 unspecified atom stereocenters. The minimum Gasteiger partial charge on any atom is -0.496 e. The van der Waals surface area contributed by atoms with Gasteiger partial charge in [-0.25, -0.2) is 4.39 Å². The van der Waals surface area contributed by atoms with Crippen LogP contribution in [0.5, 0.6) is 5.75 Å². The maximum atomic E-state index is 12.7. The zero-order valence-corrected chi connectivity index (χ0v) is 18.7. The molecule has 0 radical (unpaired) electrons. The highest BCUT2D eigenvalue weighted by Crippen LogP contribution is 2.26. The van der Waals surface area contributed by atoms with Gasteiger partial charge in [0.25, 0.3) is 5.91 Å². The second-order valence-corrected chi connectivity index (χ2v) is 7.49. The zero-order chi connectivity index (χ0) is 23.0. The fraction of sp³-hybridized carbons (Fsp3) is 0.478. The fourth-order valence-electron chi connectivity index (χ4n) is 3.24. The quantitative estimate of drug-likeness (QED) is 0.682. The molecular weight excluding hydrogens is 403 g/mol. The van der Waals surface area contributed by atoms with E-state index in [0.717, 1.165) is 12.1 Å². The first kappa shape index (κ1) is 24.6. The molecule has 0 aliphatic carbocycles. The van der Waals surface area contributed by atoms with Crippen LogP contribution in [-0.4, -0.2) is 44.0 Å². The maximum Gasteiger partial charge on any atom is 0.253 e. The molecular formula is C23H32FN2O5+. The number of nitrogens with zero attached hydrogens (tertiary/aromatic N) is 1. The van der Waals surface area contributed by atoms with E-state index in [0.29, 0.717) is 29.3 Å². The molecule has 1 aromatic carbocycles. The van der Waals surface area contributed by atoms with Crippen molar-refractivity contribution in [3.63, 3.8) is 0 Å². The Labute approximate surface area is 182 Å². The minimum atomic E-state index is -0.400. The molecule has 0 saturated carbocycles. The number of aliphatic hydroxyl groups excluding tert-OH is 1. The summed E-state index contributed by atoms with van der Waals surface area (Å²) in [5, 5.41) is 11.8. The number of methoxy groups -OCH3 is 1. The predicted octanol–water partition coefficient (Wildman–Crippen LogP) is 2.46. The van der Waals surface area contributed by atoms with E-state index in [1.165, 1.54) is 25.0 Å². The van der Waals surface area contributed by atoms with Crippen LogP contribution in [0.2, 0.25) is 0 Å². The van der Waals surface area contributed by atoms with Crippen molar-refractivity contribution in [2.24, 2.45) is 5.92 Å². The summed E-state index contributed by atoms with van der Waals surface area (Å²) >= 11 is 0. The van der Waals surface area contributed by atoms with E-state index in [2.05, 4.69) is 12.2 Å². The van der Waals surface area contributed by atoms with Crippen molar-refractivity contribution in [2.75, 3.05) is 26.1 Å². The summed E-state index contributed by atoms with van der Waals surface area (Å²) in [6.45, 7) is 5.80. The Morgan fingerprint density at radius 3 is 2.58 bits per heavy atom. The van der Waals surface area contributed by atoms with Crippen molar-refractivity contribution < 1.29 is 33.3 Å². The van der Waals surface area contributed by atoms with E-state index in [9.17, 15) is 9.18 Å². The molecule has 1 saturated heterocycles. The number of hydrogen-bond donors (Lipinski definition) is 2. The molecule has 1 amide bonds. The number of benzene rings is 1. The van der Waals surface area contributed by atoms with Gasteiger partial charge in [0.05, 0.1) is 26.2 Å². The molecule has 1 aliphatic rings. The van der Waals surface area contributed by atoms with E-state index in [1.54, 1.807) is 31.3 Å². The Morgan fingerprint density at radius 2 is 2.03 bits per heavy atom. The summed E-state index contributed by atoms with van der Waals surface area (Å²) < 4.78 is 24.7. The average molecular weight is 436 g/mol. The standard InChI is InChI=1S/C15H22N2O4.C8H9FO/c1-10-8-14(21-11(10)2)15(19)16-12-4-5-13(6-7-18)17(9-12)20-3;1-6-7(9)4-3-5-8(6)10-2/h4-5,9-11,14,18H,6-8H2,1-3H3;3-5H,1-2H3/p+1. The van der Waals surface area contributed by atoms with Crippen LogP contribution < -0.4 is 19.6 Å². The van der Waals surface area contributed by atoms with E-state index in [1.807, 2.05) is 13.0 Å². The molecule has 31 heavy (non-hydrogen) atoms. The van der Waals surface area contributed by atoms with Gasteiger partial charge in [0, 0.05) is 16.4 Å². The predicted molar refractivity (Wildman–Crippen MR) is 114 cm³/mol. The van der Waals surface area contributed by atoms with Gasteiger partial charge in [-0.05, 0) is 44.4 Å². The highest BCUT2D eigenvalue weighted by atomic mass is 19.1. The van der Waals surface area contributed by atoms with Crippen molar-refractivity contribution in [1.82, 2.24) is 0 Å². The number of carbonyl (C=O) groups excluding carboxylic acids is 1. The van der Waals surface area contributed by atoms with Gasteiger partial charge in [-0.15, -0.1) is 0 Å². The summed E-state index contributed by atoms with van der Waals surface area (Å²) in [7, 11) is 3.07. The lowest BCUT2D eigenvalue weighted by atomic mass is 10.0. The molecule has 1 aliphatic heterocycles. The van der Waals surface area contributed by atoms with Crippen LogP contribution in [-0.2, 0) is 16.0 Å². The maximum absolute atomic E-state index is 12.7. The number of anilines is 1. The van der Waals surface area contributed by atoms with Crippen molar-refractivity contribution in [1.29, 1.82) is 0 Å². The molecule has 1 aromatic heterocycles. The molecule has 0 bridgehead atoms. The molecule has 7 nitrogen and oxygen atoms in total. The number of hydrogen-bond acceptors (Lipinski definition) is 5. The molecule has 1 fully saturated rings. The third-order valence-electron chi connectivity index (χ3n) is 5.32. The normalized spacial score (nSPS) is 19.9. The number of halogens is 1. The van der Waals surface area contributed by atoms with Crippen LogP contribution in [0, 0.1) is 18.7 Å². The second kappa shape index (κ2) is 11.6. The van der Waals surface area contributed by atoms with Crippen LogP contribution in [0.3, 0.4) is 0 Å². The zero-order valence-electron chi connectivity index (χ0n) is 18.7. The summed E-state index contributed by atoms with van der Waals surface area (Å²) in [6, 6.07) is 8.38. The van der Waals surface area contributed by atoms with Gasteiger partial charge < -0.3 is 19.9 Å². The number of amides is 1. The second-order valence-electron chi connectivity index (χ2n) is 7.49. The van der Waals surface area contributed by atoms with Crippen molar-refractivity contribution in [2.45, 2.75) is 45.8 Å². The number of nitrogens with one attached hydrogen (secondary N) is 1. The Hall–Kier alpha value is -2.71. The smallest absolute Gasteiger partial charge is 0.253 e. The first-order chi connectivity index (χ1) is 14.8. The number of carbonyl (C=O) groups is 1. The van der Waals surface area contributed by atoms with Crippen LogP contribution in [0.15, 0.2) is 36.5 Å². The van der Waals surface area contributed by atoms with E-state index in [4.69, 9.17) is 19.4 Å². The molecule has 2 N–H and O–H groups in total. The summed E-state index contributed by atoms with van der Waals surface area (Å²) in [6.07, 6.45) is 2.62. The lowest BCUT2D eigenvalue weighted by Gasteiger charge is -2.11. The molecule has 8 heteroatoms. The molecule has 2 aromatic rings.